The number of fused-ring (bicyclic) bond motifs is 1. The minimum Gasteiger partial charge on any atom is -0.506 e. The van der Waals surface area contributed by atoms with E-state index in [0.29, 0.717) is 49.2 Å². The summed E-state index contributed by atoms with van der Waals surface area (Å²) in [6.07, 6.45) is 1.27. The highest BCUT2D eigenvalue weighted by Gasteiger charge is 2.29. The van der Waals surface area contributed by atoms with Gasteiger partial charge < -0.3 is 25.2 Å². The number of aromatic nitrogens is 1. The number of phenols is 1. The molecule has 0 aliphatic carbocycles. The van der Waals surface area contributed by atoms with Gasteiger partial charge >= 0.3 is 5.97 Å². The second-order valence-corrected chi connectivity index (χ2v) is 14.6. The number of aliphatic hydroxyl groups is 1. The Balaban J connectivity index is 1.17. The van der Waals surface area contributed by atoms with Crippen molar-refractivity contribution in [1.82, 2.24) is 14.2 Å². The van der Waals surface area contributed by atoms with Crippen molar-refractivity contribution in [3.8, 4) is 11.4 Å². The Bertz CT molecular complexity index is 1880. The molecule has 1 aromatic heterocycles. The number of sulfonamides is 2. The number of piperidine rings is 1. The SMILES string of the molecule is CS(=O)(=O)Nc1cc([C@@H](O)CNCC2CCN(S(=O)(=O)c3ccc(-n4c(C(=O)O)cc5ccccc54)cc3)CC2)ccc1O. The molecule has 1 aliphatic heterocycles. The minimum atomic E-state index is -3.75. The maximum Gasteiger partial charge on any atom is 0.352 e. The highest BCUT2D eigenvalue weighted by molar-refractivity contribution is 7.92. The Morgan fingerprint density at radius 1 is 0.977 bits per heavy atom. The Hall–Kier alpha value is -3.95. The van der Waals surface area contributed by atoms with E-state index in [9.17, 15) is 36.9 Å². The Kier molecular flexibility index (Phi) is 9.00. The van der Waals surface area contributed by atoms with Gasteiger partial charge in [0, 0.05) is 30.7 Å². The third-order valence-corrected chi connectivity index (χ3v) is 10.2. The molecule has 5 rings (SSSR count). The summed E-state index contributed by atoms with van der Waals surface area (Å²) in [4.78, 5) is 12.0. The average Bonchev–Trinajstić information content (AvgIpc) is 3.38. The molecule has 12 nitrogen and oxygen atoms in total. The molecule has 0 bridgehead atoms. The predicted molar refractivity (Wildman–Crippen MR) is 166 cm³/mol. The van der Waals surface area contributed by atoms with Crippen molar-refractivity contribution in [3.05, 3.63) is 84.1 Å². The van der Waals surface area contributed by atoms with E-state index in [1.165, 1.54) is 34.6 Å². The van der Waals surface area contributed by atoms with Crippen molar-refractivity contribution in [2.45, 2.75) is 23.8 Å². The molecule has 0 spiro atoms. The standard InChI is InChI=1S/C30H34N4O8S2/c1-43(39,40)32-25-16-22(6-11-28(25)35)29(36)19-31-18-20-12-14-33(15-13-20)44(41,42)24-9-7-23(8-10-24)34-26-5-3-2-4-21(26)17-27(34)30(37)38/h2-11,16-17,20,29,31-32,35-36H,12-15,18-19H2,1H3,(H,37,38)/t29-/m0/s1. The van der Waals surface area contributed by atoms with Gasteiger partial charge in [-0.15, -0.1) is 0 Å². The van der Waals surface area contributed by atoms with Gasteiger partial charge in [-0.05, 0) is 79.4 Å². The zero-order valence-electron chi connectivity index (χ0n) is 23.9. The van der Waals surface area contributed by atoms with Crippen LogP contribution in [0.15, 0.2) is 77.7 Å². The molecule has 44 heavy (non-hydrogen) atoms. The van der Waals surface area contributed by atoms with Gasteiger partial charge in [0.2, 0.25) is 20.0 Å². The van der Waals surface area contributed by atoms with Crippen LogP contribution in [0.4, 0.5) is 5.69 Å². The van der Waals surface area contributed by atoms with Gasteiger partial charge in [-0.25, -0.2) is 21.6 Å². The van der Waals surface area contributed by atoms with Gasteiger partial charge in [-0.2, -0.15) is 4.31 Å². The molecule has 0 saturated carbocycles. The molecule has 3 aromatic carbocycles. The van der Waals surface area contributed by atoms with Crippen LogP contribution in [0.5, 0.6) is 5.75 Å². The molecular weight excluding hydrogens is 608 g/mol. The molecule has 1 saturated heterocycles. The largest absolute Gasteiger partial charge is 0.506 e. The molecule has 2 heterocycles. The molecule has 0 amide bonds. The number of carboxylic acid groups (broad SMARTS) is 1. The van der Waals surface area contributed by atoms with E-state index in [1.807, 2.05) is 24.3 Å². The van der Waals surface area contributed by atoms with Crippen LogP contribution >= 0.6 is 0 Å². The number of phenolic OH excluding ortho intramolecular Hbond substituents is 1. The van der Waals surface area contributed by atoms with Gasteiger partial charge in [-0.1, -0.05) is 24.3 Å². The number of hydrogen-bond donors (Lipinski definition) is 5. The summed E-state index contributed by atoms with van der Waals surface area (Å²) < 4.78 is 55.1. The fourth-order valence-corrected chi connectivity index (χ4v) is 7.48. The fraction of sp³-hybridized carbons (Fsp3) is 0.300. The Morgan fingerprint density at radius 3 is 2.32 bits per heavy atom. The number of para-hydroxylation sites is 1. The molecule has 5 N–H and O–H groups in total. The van der Waals surface area contributed by atoms with Crippen molar-refractivity contribution in [3.63, 3.8) is 0 Å². The number of aromatic carboxylic acids is 1. The van der Waals surface area contributed by atoms with Crippen LogP contribution in [0, 0.1) is 5.92 Å². The minimum absolute atomic E-state index is 0.0181. The second-order valence-electron chi connectivity index (χ2n) is 10.9. The van der Waals surface area contributed by atoms with E-state index in [2.05, 4.69) is 10.0 Å². The first-order chi connectivity index (χ1) is 20.8. The number of hydrogen-bond acceptors (Lipinski definition) is 8. The molecular formula is C30H34N4O8S2. The number of nitrogens with one attached hydrogen (secondary N) is 2. The molecule has 0 unspecified atom stereocenters. The zero-order valence-corrected chi connectivity index (χ0v) is 25.6. The van der Waals surface area contributed by atoms with E-state index >= 15 is 0 Å². The van der Waals surface area contributed by atoms with Gasteiger partial charge in [-0.3, -0.25) is 4.72 Å². The van der Waals surface area contributed by atoms with E-state index in [1.54, 1.807) is 22.8 Å². The lowest BCUT2D eigenvalue weighted by atomic mass is 9.98. The van der Waals surface area contributed by atoms with E-state index < -0.39 is 32.1 Å². The first-order valence-electron chi connectivity index (χ1n) is 14.0. The van der Waals surface area contributed by atoms with Crippen molar-refractivity contribution < 1.29 is 36.9 Å². The second kappa shape index (κ2) is 12.6. The molecule has 1 fully saturated rings. The first-order valence-corrected chi connectivity index (χ1v) is 17.3. The van der Waals surface area contributed by atoms with Crippen LogP contribution in [0.2, 0.25) is 0 Å². The van der Waals surface area contributed by atoms with Crippen molar-refractivity contribution >= 4 is 42.6 Å². The summed E-state index contributed by atoms with van der Waals surface area (Å²) >= 11 is 0. The zero-order chi connectivity index (χ0) is 31.6. The van der Waals surface area contributed by atoms with Crippen LogP contribution in [0.25, 0.3) is 16.6 Å². The quantitative estimate of drug-likeness (QED) is 0.154. The maximum absolute atomic E-state index is 13.4. The van der Waals surface area contributed by atoms with Crippen molar-refractivity contribution in [1.29, 1.82) is 0 Å². The summed E-state index contributed by atoms with van der Waals surface area (Å²) in [6, 6.07) is 19.3. The van der Waals surface area contributed by atoms with Gasteiger partial charge in [0.05, 0.1) is 28.5 Å². The maximum atomic E-state index is 13.4. The summed E-state index contributed by atoms with van der Waals surface area (Å²) in [5.74, 6) is -1.14. The van der Waals surface area contributed by atoms with E-state index in [-0.39, 0.29) is 34.5 Å². The van der Waals surface area contributed by atoms with Gasteiger partial charge in [0.25, 0.3) is 0 Å². The lowest BCUT2D eigenvalue weighted by molar-refractivity contribution is 0.0688. The smallest absolute Gasteiger partial charge is 0.352 e. The van der Waals surface area contributed by atoms with Crippen LogP contribution in [-0.4, -0.2) is 79.4 Å². The fourth-order valence-electron chi connectivity index (χ4n) is 5.44. The van der Waals surface area contributed by atoms with E-state index in [0.717, 1.165) is 11.6 Å². The van der Waals surface area contributed by atoms with Crippen LogP contribution in [-0.2, 0) is 20.0 Å². The van der Waals surface area contributed by atoms with E-state index in [4.69, 9.17) is 0 Å². The average molecular weight is 643 g/mol. The number of carbonyl (C=O) groups is 1. The van der Waals surface area contributed by atoms with Gasteiger partial charge in [0.1, 0.15) is 11.4 Å². The van der Waals surface area contributed by atoms with Gasteiger partial charge in [0.15, 0.2) is 0 Å². The van der Waals surface area contributed by atoms with Crippen LogP contribution in [0.1, 0.15) is 35.0 Å². The van der Waals surface area contributed by atoms with Crippen LogP contribution < -0.4 is 10.0 Å². The molecule has 1 aliphatic rings. The molecule has 234 valence electrons. The van der Waals surface area contributed by atoms with Crippen molar-refractivity contribution in [2.24, 2.45) is 5.92 Å². The Labute approximate surface area is 255 Å². The number of anilines is 1. The van der Waals surface area contributed by atoms with Crippen molar-refractivity contribution in [2.75, 3.05) is 37.2 Å². The first kappa shape index (κ1) is 31.5. The normalized spacial score (nSPS) is 15.8. The molecule has 0 radical (unpaired) electrons. The number of rotatable bonds is 11. The highest BCUT2D eigenvalue weighted by atomic mass is 32.2. The lowest BCUT2D eigenvalue weighted by Gasteiger charge is -2.31. The number of aliphatic hydroxyl groups excluding tert-OH is 1. The number of carboxylic acids is 1. The molecule has 14 heteroatoms. The third kappa shape index (κ3) is 6.89. The number of aromatic hydroxyl groups is 1. The Morgan fingerprint density at radius 2 is 1.66 bits per heavy atom. The highest BCUT2D eigenvalue weighted by Crippen LogP contribution is 2.29. The lowest BCUT2D eigenvalue weighted by Crippen LogP contribution is -2.41. The molecule has 4 aromatic rings. The summed E-state index contributed by atoms with van der Waals surface area (Å²) in [5.41, 5.74) is 1.75. The summed E-state index contributed by atoms with van der Waals surface area (Å²) in [5, 5.41) is 34.2. The van der Waals surface area contributed by atoms with Crippen LogP contribution in [0.3, 0.4) is 0 Å². The number of benzene rings is 3. The third-order valence-electron chi connectivity index (χ3n) is 7.71. The summed E-state index contributed by atoms with van der Waals surface area (Å²) in [7, 11) is -7.36. The molecule has 1 atom stereocenters. The summed E-state index contributed by atoms with van der Waals surface area (Å²) in [6.45, 7) is 1.42. The monoisotopic (exact) mass is 642 g/mol. The number of nitrogens with zero attached hydrogens (tertiary/aromatic N) is 2. The topological polar surface area (TPSA) is 178 Å². The predicted octanol–water partition coefficient (Wildman–Crippen LogP) is 3.13.